The monoisotopic (exact) mass is 1010 g/mol. The summed E-state index contributed by atoms with van der Waals surface area (Å²) in [5.41, 5.74) is -0.360. The van der Waals surface area contributed by atoms with Crippen LogP contribution in [-0.2, 0) is 60.6 Å². The minimum Gasteiger partial charge on any atom is -0.460 e. The predicted molar refractivity (Wildman–Crippen MR) is 268 cm³/mol. The van der Waals surface area contributed by atoms with Gasteiger partial charge >= 0.3 is 23.9 Å². The molecule has 1 fully saturated rings. The maximum atomic E-state index is 14.8. The van der Waals surface area contributed by atoms with Gasteiger partial charge in [-0.2, -0.15) is 0 Å². The molecule has 2 amide bonds. The lowest BCUT2D eigenvalue weighted by Gasteiger charge is -2.35. The number of amides is 2. The Kier molecular flexibility index (Phi) is 23.2. The van der Waals surface area contributed by atoms with Crippen LogP contribution in [0.2, 0.25) is 0 Å². The number of hydrogen-bond acceptors (Lipinski definition) is 16. The van der Waals surface area contributed by atoms with Crippen molar-refractivity contribution in [2.75, 3.05) is 41.3 Å². The molecule has 2 aromatic carbocycles. The Balaban J connectivity index is 2.26. The van der Waals surface area contributed by atoms with Gasteiger partial charge in [-0.25, -0.2) is 9.59 Å². The number of likely N-dealkylation sites (N-methyl/N-ethyl adjacent to an activating group) is 4. The van der Waals surface area contributed by atoms with Crippen LogP contribution in [0.3, 0.4) is 0 Å². The van der Waals surface area contributed by atoms with Gasteiger partial charge in [0.15, 0.2) is 12.2 Å². The fourth-order valence-electron chi connectivity index (χ4n) is 8.90. The first-order valence-corrected chi connectivity index (χ1v) is 24.8. The third kappa shape index (κ3) is 17.6. The van der Waals surface area contributed by atoms with Gasteiger partial charge in [-0.05, 0) is 77.3 Å². The van der Waals surface area contributed by atoms with E-state index in [4.69, 9.17) is 18.9 Å². The molecule has 0 bridgehead atoms. The number of hydrogen-bond donors (Lipinski definition) is 0. The van der Waals surface area contributed by atoms with Crippen LogP contribution in [0.15, 0.2) is 48.5 Å². The number of carbonyl (C=O) groups excluding carboxylic acids is 6. The summed E-state index contributed by atoms with van der Waals surface area (Å²) in [5, 5.41) is 24.3. The average molecular weight is 1010 g/mol. The summed E-state index contributed by atoms with van der Waals surface area (Å²) < 4.78 is 24.2. The van der Waals surface area contributed by atoms with Gasteiger partial charge < -0.3 is 28.7 Å². The summed E-state index contributed by atoms with van der Waals surface area (Å²) in [6.45, 7) is 18.1. The zero-order valence-electron chi connectivity index (χ0n) is 44.6. The number of rotatable bonds is 14. The highest BCUT2D eigenvalue weighted by atomic mass is 16.6. The predicted octanol–water partition coefficient (Wildman–Crippen LogP) is 6.43. The summed E-state index contributed by atoms with van der Waals surface area (Å²) in [6, 6.07) is 7.10. The first-order chi connectivity index (χ1) is 33.6. The van der Waals surface area contributed by atoms with Crippen molar-refractivity contribution in [2.45, 2.75) is 156 Å². The van der Waals surface area contributed by atoms with E-state index in [1.165, 1.54) is 50.5 Å². The SMILES string of the molecule is CC(C)CC1C(=O)OC(Cc2ccccc2[N+](=O)[O-])C(=O)N(C)C(CC(C)C)C(=O)OC(C)CN(C)C(CC(C)C)C(=O)OC(Cc2ccccc2[N+](=O)[O-])C(=O)N(C)C(CC(C)C)C(=O)OC(C)CN1C. The maximum absolute atomic E-state index is 14.8. The highest BCUT2D eigenvalue weighted by Gasteiger charge is 2.41. The minimum absolute atomic E-state index is 0.0316. The van der Waals surface area contributed by atoms with Gasteiger partial charge in [-0.1, -0.05) is 91.8 Å². The second-order valence-corrected chi connectivity index (χ2v) is 20.9. The van der Waals surface area contributed by atoms with Gasteiger partial charge in [-0.3, -0.25) is 49.2 Å². The van der Waals surface area contributed by atoms with Crippen LogP contribution in [0.25, 0.3) is 0 Å². The van der Waals surface area contributed by atoms with Gasteiger partial charge in [-0.15, -0.1) is 0 Å². The Morgan fingerprint density at radius 2 is 0.764 bits per heavy atom. The van der Waals surface area contributed by atoms with Gasteiger partial charge in [0.05, 0.1) is 9.85 Å². The Morgan fingerprint density at radius 3 is 1.06 bits per heavy atom. The van der Waals surface area contributed by atoms with Crippen LogP contribution in [0.1, 0.15) is 106 Å². The van der Waals surface area contributed by atoms with E-state index in [1.807, 2.05) is 55.4 Å². The van der Waals surface area contributed by atoms with Gasteiger partial charge in [0, 0.05) is 63.3 Å². The first kappa shape index (κ1) is 60.3. The van der Waals surface area contributed by atoms with Gasteiger partial charge in [0.25, 0.3) is 23.2 Å². The third-order valence-corrected chi connectivity index (χ3v) is 12.5. The van der Waals surface area contributed by atoms with Crippen molar-refractivity contribution in [3.05, 3.63) is 79.9 Å². The minimum atomic E-state index is -1.64. The van der Waals surface area contributed by atoms with Crippen molar-refractivity contribution in [3.63, 3.8) is 0 Å². The second kappa shape index (κ2) is 27.7. The molecule has 2 aromatic rings. The van der Waals surface area contributed by atoms with E-state index in [0.29, 0.717) is 0 Å². The standard InChI is InChI=1S/C52H78N6O14/c1-31(2)23-41-49(61)71-45(27-37-19-15-17-21-39(37)57(65)66)47(59)55(13)44(26-34(7)8)52(64)70-36(10)30-54(12)42(24-32(3)4)50(62)72-46(28-38-20-16-18-22-40(38)58(67)68)48(60)56(14)43(25-33(5)6)51(63)69-35(9)29-53(41)11/h15-22,31-36,41-46H,23-30H2,1-14H3. The van der Waals surface area contributed by atoms with Gasteiger partial charge in [0.2, 0.25) is 0 Å². The molecule has 3 rings (SSSR count). The molecule has 0 aromatic heterocycles. The topological polar surface area (TPSA) is 239 Å². The summed E-state index contributed by atoms with van der Waals surface area (Å²) in [5.74, 6) is -5.35. The van der Waals surface area contributed by atoms with E-state index in [2.05, 4.69) is 0 Å². The lowest BCUT2D eigenvalue weighted by Crippen LogP contribution is -2.53. The molecule has 20 heteroatoms. The van der Waals surface area contributed by atoms with Crippen molar-refractivity contribution in [1.29, 1.82) is 0 Å². The number of nitro groups is 2. The molecule has 1 aliphatic heterocycles. The molecule has 0 saturated carbocycles. The third-order valence-electron chi connectivity index (χ3n) is 12.5. The molecular formula is C52H78N6O14. The number of nitrogens with zero attached hydrogens (tertiary/aromatic N) is 6. The number of para-hydroxylation sites is 2. The number of benzene rings is 2. The van der Waals surface area contributed by atoms with Crippen LogP contribution in [0.5, 0.6) is 0 Å². The summed E-state index contributed by atoms with van der Waals surface area (Å²) in [7, 11) is 6.00. The van der Waals surface area contributed by atoms with E-state index in [0.717, 1.165) is 9.80 Å². The first-order valence-electron chi connectivity index (χ1n) is 24.8. The molecule has 0 N–H and O–H groups in total. The number of carbonyl (C=O) groups is 6. The molecule has 0 spiro atoms. The highest BCUT2D eigenvalue weighted by Crippen LogP contribution is 2.27. The second-order valence-electron chi connectivity index (χ2n) is 20.9. The van der Waals surface area contributed by atoms with E-state index < -0.39 is 107 Å². The molecule has 1 heterocycles. The molecule has 1 saturated heterocycles. The fourth-order valence-corrected chi connectivity index (χ4v) is 8.90. The zero-order chi connectivity index (χ0) is 54.3. The summed E-state index contributed by atoms with van der Waals surface area (Å²) in [4.78, 5) is 116. The average Bonchev–Trinajstić information content (AvgIpc) is 3.28. The molecule has 20 nitrogen and oxygen atoms in total. The Hall–Kier alpha value is -6.02. The molecule has 8 atom stereocenters. The van der Waals surface area contributed by atoms with Crippen molar-refractivity contribution in [2.24, 2.45) is 23.7 Å². The van der Waals surface area contributed by atoms with Crippen molar-refractivity contribution in [1.82, 2.24) is 19.6 Å². The zero-order valence-corrected chi connectivity index (χ0v) is 44.6. The highest BCUT2D eigenvalue weighted by molar-refractivity contribution is 5.90. The normalized spacial score (nSPS) is 24.8. The van der Waals surface area contributed by atoms with E-state index in [9.17, 15) is 49.0 Å². The molecule has 0 aliphatic carbocycles. The van der Waals surface area contributed by atoms with Crippen molar-refractivity contribution < 1.29 is 57.6 Å². The van der Waals surface area contributed by atoms with Gasteiger partial charge in [0.1, 0.15) is 36.4 Å². The maximum Gasteiger partial charge on any atom is 0.329 e. The number of nitro benzene ring substituents is 2. The van der Waals surface area contributed by atoms with Crippen molar-refractivity contribution in [3.8, 4) is 0 Å². The van der Waals surface area contributed by atoms with E-state index in [-0.39, 0.29) is 84.9 Å². The molecular weight excluding hydrogens is 933 g/mol. The lowest BCUT2D eigenvalue weighted by molar-refractivity contribution is -0.385. The fraction of sp³-hybridized carbons (Fsp3) is 0.654. The van der Waals surface area contributed by atoms with E-state index >= 15 is 0 Å². The molecule has 72 heavy (non-hydrogen) atoms. The molecule has 8 unspecified atom stereocenters. The molecule has 1 aliphatic rings. The molecule has 0 radical (unpaired) electrons. The Labute approximate surface area is 424 Å². The lowest BCUT2D eigenvalue weighted by atomic mass is 9.99. The van der Waals surface area contributed by atoms with Crippen LogP contribution in [-0.4, -0.2) is 155 Å². The number of esters is 4. The summed E-state index contributed by atoms with van der Waals surface area (Å²) >= 11 is 0. The van der Waals surface area contributed by atoms with Crippen LogP contribution < -0.4 is 0 Å². The Bertz CT molecular complexity index is 2050. The molecule has 400 valence electrons. The quantitative estimate of drug-likeness (QED) is 0.0858. The van der Waals surface area contributed by atoms with Crippen molar-refractivity contribution >= 4 is 47.1 Å². The number of cyclic esters (lactones) is 4. The van der Waals surface area contributed by atoms with Crippen LogP contribution >= 0.6 is 0 Å². The Morgan fingerprint density at radius 1 is 0.486 bits per heavy atom. The summed E-state index contributed by atoms with van der Waals surface area (Å²) in [6.07, 6.45) is -5.19. The van der Waals surface area contributed by atoms with E-state index in [1.54, 1.807) is 49.9 Å². The largest absolute Gasteiger partial charge is 0.460 e. The number of ether oxygens (including phenoxy) is 4. The van der Waals surface area contributed by atoms with Crippen LogP contribution in [0.4, 0.5) is 11.4 Å². The van der Waals surface area contributed by atoms with Crippen LogP contribution in [0, 0.1) is 43.9 Å². The smallest absolute Gasteiger partial charge is 0.329 e.